The molecule has 1 aliphatic heterocycles. The molecule has 0 bridgehead atoms. The zero-order valence-corrected chi connectivity index (χ0v) is 16.2. The van der Waals surface area contributed by atoms with Gasteiger partial charge in [-0.1, -0.05) is 24.8 Å². The number of fused-ring (bicyclic) bond motifs is 2. The number of carbonyl (C=O) groups is 1. The molecule has 0 unspecified atom stereocenters. The van der Waals surface area contributed by atoms with Gasteiger partial charge < -0.3 is 14.6 Å². The third kappa shape index (κ3) is 3.56. The number of hydrogen-bond acceptors (Lipinski definition) is 4. The number of allylic oxidation sites excluding steroid dienone is 1. The fraction of sp³-hybridized carbons (Fsp3) is 0.217. The van der Waals surface area contributed by atoms with Crippen molar-refractivity contribution in [2.45, 2.75) is 26.3 Å². The highest BCUT2D eigenvalue weighted by Gasteiger charge is 2.15. The zero-order valence-electron chi connectivity index (χ0n) is 16.2. The molecule has 0 radical (unpaired) electrons. The average Bonchev–Trinajstić information content (AvgIpc) is 3.01. The first-order valence-electron chi connectivity index (χ1n) is 9.35. The molecule has 1 aromatic carbocycles. The highest BCUT2D eigenvalue weighted by atomic mass is 16.3. The summed E-state index contributed by atoms with van der Waals surface area (Å²) in [5, 5.41) is 4.29. The summed E-state index contributed by atoms with van der Waals surface area (Å²) in [4.78, 5) is 18.6. The van der Waals surface area contributed by atoms with E-state index in [1.54, 1.807) is 30.3 Å². The fourth-order valence-electron chi connectivity index (χ4n) is 3.40. The van der Waals surface area contributed by atoms with Crippen molar-refractivity contribution in [1.29, 1.82) is 0 Å². The SMILES string of the molecule is C=C1CCc2cc(/C=C/C(=O)N(C)Cc3oc4ccccc4c3C)cnc2N1. The lowest BCUT2D eigenvalue weighted by Gasteiger charge is -2.19. The topological polar surface area (TPSA) is 58.4 Å². The van der Waals surface area contributed by atoms with Crippen LogP contribution in [0.25, 0.3) is 17.0 Å². The van der Waals surface area contributed by atoms with Crippen molar-refractivity contribution in [1.82, 2.24) is 9.88 Å². The molecule has 4 rings (SSSR count). The molecule has 0 spiro atoms. The molecule has 0 fully saturated rings. The van der Waals surface area contributed by atoms with Gasteiger partial charge in [0.1, 0.15) is 17.2 Å². The molecular weight excluding hydrogens is 350 g/mol. The molecule has 1 N–H and O–H groups in total. The molecule has 28 heavy (non-hydrogen) atoms. The predicted molar refractivity (Wildman–Crippen MR) is 112 cm³/mol. The van der Waals surface area contributed by atoms with Crippen LogP contribution < -0.4 is 5.32 Å². The molecule has 3 aromatic rings. The van der Waals surface area contributed by atoms with E-state index in [-0.39, 0.29) is 5.91 Å². The number of aromatic nitrogens is 1. The maximum atomic E-state index is 12.5. The first-order chi connectivity index (χ1) is 13.5. The van der Waals surface area contributed by atoms with Gasteiger partial charge in [0.15, 0.2) is 0 Å². The zero-order chi connectivity index (χ0) is 19.7. The van der Waals surface area contributed by atoms with E-state index in [0.717, 1.165) is 57.8 Å². The Morgan fingerprint density at radius 1 is 1.36 bits per heavy atom. The molecule has 0 aliphatic carbocycles. The molecule has 1 aliphatic rings. The number of carbonyl (C=O) groups excluding carboxylic acids is 1. The number of aryl methyl sites for hydroxylation is 2. The van der Waals surface area contributed by atoms with Crippen LogP contribution in [0.15, 0.2) is 59.3 Å². The Morgan fingerprint density at radius 2 is 2.18 bits per heavy atom. The van der Waals surface area contributed by atoms with E-state index in [2.05, 4.69) is 22.9 Å². The van der Waals surface area contributed by atoms with Crippen LogP contribution in [0.1, 0.15) is 28.9 Å². The number of anilines is 1. The highest BCUT2D eigenvalue weighted by Crippen LogP contribution is 2.26. The van der Waals surface area contributed by atoms with Crippen LogP contribution in [-0.4, -0.2) is 22.8 Å². The number of pyridine rings is 1. The van der Waals surface area contributed by atoms with Gasteiger partial charge in [0.05, 0.1) is 6.54 Å². The first-order valence-corrected chi connectivity index (χ1v) is 9.35. The molecule has 142 valence electrons. The van der Waals surface area contributed by atoms with Gasteiger partial charge in [0, 0.05) is 36.0 Å². The fourth-order valence-corrected chi connectivity index (χ4v) is 3.40. The van der Waals surface area contributed by atoms with E-state index in [9.17, 15) is 4.79 Å². The monoisotopic (exact) mass is 373 g/mol. The van der Waals surface area contributed by atoms with Crippen LogP contribution in [-0.2, 0) is 17.8 Å². The van der Waals surface area contributed by atoms with E-state index in [1.165, 1.54) is 0 Å². The summed E-state index contributed by atoms with van der Waals surface area (Å²) < 4.78 is 5.91. The van der Waals surface area contributed by atoms with Gasteiger partial charge in [-0.05, 0) is 49.1 Å². The molecule has 5 nitrogen and oxygen atoms in total. The summed E-state index contributed by atoms with van der Waals surface area (Å²) >= 11 is 0. The molecular formula is C23H23N3O2. The number of para-hydroxylation sites is 1. The van der Waals surface area contributed by atoms with Crippen LogP contribution in [0.4, 0.5) is 5.82 Å². The van der Waals surface area contributed by atoms with Gasteiger partial charge >= 0.3 is 0 Å². The minimum atomic E-state index is -0.0796. The van der Waals surface area contributed by atoms with E-state index in [4.69, 9.17) is 4.42 Å². The van der Waals surface area contributed by atoms with Crippen LogP contribution in [0.3, 0.4) is 0 Å². The van der Waals surface area contributed by atoms with Crippen LogP contribution in [0, 0.1) is 6.92 Å². The number of likely N-dealkylation sites (N-methyl/N-ethyl adjacent to an activating group) is 1. The van der Waals surface area contributed by atoms with Crippen molar-refractivity contribution in [2.75, 3.05) is 12.4 Å². The Labute approximate surface area is 164 Å². The molecule has 0 saturated heterocycles. The number of nitrogens with one attached hydrogen (secondary N) is 1. The quantitative estimate of drug-likeness (QED) is 0.675. The second-order valence-corrected chi connectivity index (χ2v) is 7.18. The van der Waals surface area contributed by atoms with Gasteiger partial charge in [-0.2, -0.15) is 0 Å². The van der Waals surface area contributed by atoms with Crippen molar-refractivity contribution < 1.29 is 9.21 Å². The summed E-state index contributed by atoms with van der Waals surface area (Å²) in [5.41, 5.74) is 4.97. The summed E-state index contributed by atoms with van der Waals surface area (Å²) in [6.45, 7) is 6.40. The van der Waals surface area contributed by atoms with Crippen LogP contribution in [0.2, 0.25) is 0 Å². The lowest BCUT2D eigenvalue weighted by molar-refractivity contribution is -0.125. The second-order valence-electron chi connectivity index (χ2n) is 7.18. The maximum Gasteiger partial charge on any atom is 0.246 e. The van der Waals surface area contributed by atoms with Crippen molar-refractivity contribution in [3.05, 3.63) is 77.3 Å². The minimum Gasteiger partial charge on any atom is -0.459 e. The number of benzene rings is 1. The normalized spacial score (nSPS) is 13.6. The number of furan rings is 1. The lowest BCUT2D eigenvalue weighted by Crippen LogP contribution is -2.24. The molecule has 0 atom stereocenters. The third-order valence-electron chi connectivity index (χ3n) is 5.10. The number of hydrogen-bond donors (Lipinski definition) is 1. The Kier molecular flexibility index (Phi) is 4.74. The minimum absolute atomic E-state index is 0.0796. The molecule has 0 saturated carbocycles. The van der Waals surface area contributed by atoms with E-state index in [1.807, 2.05) is 31.2 Å². The number of amides is 1. The number of nitrogens with zero attached hydrogens (tertiary/aromatic N) is 2. The Balaban J connectivity index is 1.45. The van der Waals surface area contributed by atoms with Gasteiger partial charge in [-0.15, -0.1) is 0 Å². The second kappa shape index (κ2) is 7.35. The summed E-state index contributed by atoms with van der Waals surface area (Å²) in [6.07, 6.45) is 6.96. The summed E-state index contributed by atoms with van der Waals surface area (Å²) in [5.74, 6) is 1.59. The van der Waals surface area contributed by atoms with Gasteiger partial charge in [-0.25, -0.2) is 4.98 Å². The van der Waals surface area contributed by atoms with Gasteiger partial charge in [0.2, 0.25) is 5.91 Å². The highest BCUT2D eigenvalue weighted by molar-refractivity contribution is 5.91. The smallest absolute Gasteiger partial charge is 0.246 e. The van der Waals surface area contributed by atoms with Crippen molar-refractivity contribution in [2.24, 2.45) is 0 Å². The molecule has 5 heteroatoms. The average molecular weight is 373 g/mol. The first kappa shape index (κ1) is 18.0. The van der Waals surface area contributed by atoms with Crippen molar-refractivity contribution >= 4 is 28.8 Å². The summed E-state index contributed by atoms with van der Waals surface area (Å²) in [7, 11) is 1.78. The largest absolute Gasteiger partial charge is 0.459 e. The Morgan fingerprint density at radius 3 is 3.00 bits per heavy atom. The van der Waals surface area contributed by atoms with E-state index in [0.29, 0.717) is 6.54 Å². The Bertz CT molecular complexity index is 1090. The van der Waals surface area contributed by atoms with E-state index >= 15 is 0 Å². The van der Waals surface area contributed by atoms with Gasteiger partial charge in [-0.3, -0.25) is 4.79 Å². The van der Waals surface area contributed by atoms with Gasteiger partial charge in [0.25, 0.3) is 0 Å². The Hall–Kier alpha value is -3.34. The standard InChI is InChI=1S/C23H23N3O2/c1-15-8-10-18-12-17(13-24-23(18)25-15)9-11-22(27)26(3)14-21-16(2)19-6-4-5-7-20(19)28-21/h4-7,9,11-13H,1,8,10,14H2,2-3H3,(H,24,25)/b11-9+. The van der Waals surface area contributed by atoms with Crippen molar-refractivity contribution in [3.63, 3.8) is 0 Å². The van der Waals surface area contributed by atoms with E-state index < -0.39 is 0 Å². The van der Waals surface area contributed by atoms with Crippen LogP contribution in [0.5, 0.6) is 0 Å². The summed E-state index contributed by atoms with van der Waals surface area (Å²) in [6, 6.07) is 9.98. The lowest BCUT2D eigenvalue weighted by atomic mass is 10.0. The maximum absolute atomic E-state index is 12.5. The molecule has 3 heterocycles. The predicted octanol–water partition coefficient (Wildman–Crippen LogP) is 4.68. The third-order valence-corrected chi connectivity index (χ3v) is 5.10. The molecule has 2 aromatic heterocycles. The number of rotatable bonds is 4. The molecule has 1 amide bonds. The van der Waals surface area contributed by atoms with Crippen LogP contribution >= 0.6 is 0 Å². The van der Waals surface area contributed by atoms with Crippen molar-refractivity contribution in [3.8, 4) is 0 Å².